The molecule has 3 aromatic rings. The highest BCUT2D eigenvalue weighted by Gasteiger charge is 2.37. The molecule has 0 radical (unpaired) electrons. The summed E-state index contributed by atoms with van der Waals surface area (Å²) in [5, 5.41) is 0. The van der Waals surface area contributed by atoms with Crippen LogP contribution in [0.2, 0.25) is 0 Å². The zero-order valence-electron chi connectivity index (χ0n) is 14.6. The monoisotopic (exact) mass is 397 g/mol. The van der Waals surface area contributed by atoms with E-state index < -0.39 is 0 Å². The van der Waals surface area contributed by atoms with Gasteiger partial charge >= 0.3 is 0 Å². The van der Waals surface area contributed by atoms with Crippen LogP contribution >= 0.6 is 24.0 Å². The average Bonchev–Trinajstić information content (AvgIpc) is 3.31. The van der Waals surface area contributed by atoms with Crippen molar-refractivity contribution in [2.24, 2.45) is 7.05 Å². The van der Waals surface area contributed by atoms with Crippen LogP contribution in [0.25, 0.3) is 11.8 Å². The van der Waals surface area contributed by atoms with Gasteiger partial charge in [-0.05, 0) is 31.2 Å². The number of thioether (sulfide) groups is 1. The average molecular weight is 397 g/mol. The number of aromatic nitrogens is 2. The Morgan fingerprint density at radius 1 is 1.11 bits per heavy atom. The fraction of sp³-hybridized carbons (Fsp3) is 0.105. The van der Waals surface area contributed by atoms with Gasteiger partial charge in [-0.1, -0.05) is 42.2 Å². The second kappa shape index (κ2) is 6.71. The first-order valence-electron chi connectivity index (χ1n) is 8.14. The van der Waals surface area contributed by atoms with Gasteiger partial charge in [-0.2, -0.15) is 0 Å². The number of hydrogen-bond acceptors (Lipinski definition) is 5. The summed E-state index contributed by atoms with van der Waals surface area (Å²) in [6.07, 6.45) is 3.17. The van der Waals surface area contributed by atoms with Crippen molar-refractivity contribution in [1.82, 2.24) is 9.36 Å². The lowest BCUT2D eigenvalue weighted by atomic mass is 10.3. The van der Waals surface area contributed by atoms with Crippen LogP contribution in [-0.4, -0.2) is 19.6 Å². The largest absolute Gasteiger partial charge is 0.465 e. The molecule has 6 nitrogen and oxygen atoms in total. The molecule has 3 heterocycles. The smallest absolute Gasteiger partial charge is 0.296 e. The Bertz CT molecular complexity index is 1130. The molecule has 0 N–H and O–H groups in total. The summed E-state index contributed by atoms with van der Waals surface area (Å²) < 4.78 is 8.85. The maximum absolute atomic E-state index is 13.2. The molecule has 1 aromatic carbocycles. The van der Waals surface area contributed by atoms with Gasteiger partial charge in [0, 0.05) is 13.1 Å². The number of carbonyl (C=O) groups excluding carboxylic acids is 1. The number of rotatable bonds is 3. The lowest BCUT2D eigenvalue weighted by molar-refractivity contribution is -0.113. The lowest BCUT2D eigenvalue weighted by Gasteiger charge is -2.12. The van der Waals surface area contributed by atoms with Crippen molar-refractivity contribution in [3.8, 4) is 5.69 Å². The fourth-order valence-electron chi connectivity index (χ4n) is 2.97. The van der Waals surface area contributed by atoms with Crippen molar-refractivity contribution >= 4 is 46.0 Å². The topological polar surface area (TPSA) is 60.4 Å². The zero-order valence-corrected chi connectivity index (χ0v) is 16.2. The second-order valence-electron chi connectivity index (χ2n) is 5.94. The fourth-order valence-corrected chi connectivity index (χ4v) is 4.23. The van der Waals surface area contributed by atoms with Gasteiger partial charge in [0.1, 0.15) is 11.4 Å². The molecule has 1 fully saturated rings. The molecule has 0 bridgehead atoms. The van der Waals surface area contributed by atoms with E-state index >= 15 is 0 Å². The lowest BCUT2D eigenvalue weighted by Crippen LogP contribution is -2.33. The van der Waals surface area contributed by atoms with E-state index in [0.29, 0.717) is 20.7 Å². The zero-order chi connectivity index (χ0) is 19.1. The van der Waals surface area contributed by atoms with Gasteiger partial charge in [-0.3, -0.25) is 19.2 Å². The van der Waals surface area contributed by atoms with Crippen molar-refractivity contribution in [2.75, 3.05) is 4.90 Å². The quantitative estimate of drug-likeness (QED) is 0.500. The van der Waals surface area contributed by atoms with Crippen molar-refractivity contribution < 1.29 is 9.21 Å². The van der Waals surface area contributed by atoms with Crippen LogP contribution in [0.5, 0.6) is 0 Å². The number of thiocarbonyl (C=S) groups is 1. The standard InChI is InChI=1S/C19H15N3O3S2/c1-12-16(18(24)22(20(12)2)13-7-4-3-5-8-13)21-17(23)15(27-19(21)26)11-14-9-6-10-25-14/h3-11H,1-2H3. The molecule has 2 aromatic heterocycles. The van der Waals surface area contributed by atoms with Crippen LogP contribution in [0.1, 0.15) is 11.5 Å². The van der Waals surface area contributed by atoms with Gasteiger partial charge in [0.15, 0.2) is 4.32 Å². The van der Waals surface area contributed by atoms with Crippen LogP contribution in [0.15, 0.2) is 62.8 Å². The third-order valence-electron chi connectivity index (χ3n) is 4.36. The van der Waals surface area contributed by atoms with Crippen LogP contribution in [-0.2, 0) is 11.8 Å². The van der Waals surface area contributed by atoms with Gasteiger partial charge in [0.2, 0.25) is 0 Å². The van der Waals surface area contributed by atoms with E-state index in [2.05, 4.69) is 0 Å². The van der Waals surface area contributed by atoms with Gasteiger partial charge in [-0.15, -0.1) is 0 Å². The summed E-state index contributed by atoms with van der Waals surface area (Å²) in [5.41, 5.74) is 1.35. The molecule has 136 valence electrons. The van der Waals surface area contributed by atoms with Gasteiger partial charge in [0.25, 0.3) is 11.5 Å². The van der Waals surface area contributed by atoms with E-state index in [9.17, 15) is 9.59 Å². The highest BCUT2D eigenvalue weighted by Crippen LogP contribution is 2.36. The minimum atomic E-state index is -0.326. The molecule has 0 spiro atoms. The highest BCUT2D eigenvalue weighted by atomic mass is 32.2. The van der Waals surface area contributed by atoms with Crippen LogP contribution in [0.3, 0.4) is 0 Å². The molecule has 0 unspecified atom stereocenters. The molecular weight excluding hydrogens is 382 g/mol. The Morgan fingerprint density at radius 3 is 2.52 bits per heavy atom. The van der Waals surface area contributed by atoms with Crippen LogP contribution in [0.4, 0.5) is 5.69 Å². The SMILES string of the molecule is Cc1c(N2C(=O)C(=Cc3ccco3)SC2=S)c(=O)n(-c2ccccc2)n1C. The first-order valence-corrected chi connectivity index (χ1v) is 9.37. The predicted molar refractivity (Wildman–Crippen MR) is 110 cm³/mol. The predicted octanol–water partition coefficient (Wildman–Crippen LogP) is 3.48. The molecule has 0 aliphatic carbocycles. The molecular formula is C19H15N3O3S2. The van der Waals surface area contributed by atoms with E-state index in [1.807, 2.05) is 30.3 Å². The molecule has 27 heavy (non-hydrogen) atoms. The van der Waals surface area contributed by atoms with Gasteiger partial charge in [-0.25, -0.2) is 4.68 Å². The first-order chi connectivity index (χ1) is 13.0. The number of amides is 1. The van der Waals surface area contributed by atoms with Crippen LogP contribution < -0.4 is 10.5 Å². The Labute approximate surface area is 164 Å². The van der Waals surface area contributed by atoms with E-state index in [1.54, 1.807) is 36.9 Å². The van der Waals surface area contributed by atoms with Crippen molar-refractivity contribution in [3.05, 3.63) is 75.4 Å². The summed E-state index contributed by atoms with van der Waals surface area (Å²) in [4.78, 5) is 27.8. The van der Waals surface area contributed by atoms with Crippen molar-refractivity contribution in [1.29, 1.82) is 0 Å². The Hall–Kier alpha value is -2.84. The number of para-hydroxylation sites is 1. The molecule has 1 amide bonds. The van der Waals surface area contributed by atoms with E-state index in [4.69, 9.17) is 16.6 Å². The maximum atomic E-state index is 13.2. The van der Waals surface area contributed by atoms with E-state index in [0.717, 1.165) is 17.4 Å². The third kappa shape index (κ3) is 2.87. The molecule has 0 saturated carbocycles. The molecule has 1 saturated heterocycles. The van der Waals surface area contributed by atoms with Gasteiger partial charge in [0.05, 0.1) is 22.5 Å². The number of furan rings is 1. The van der Waals surface area contributed by atoms with Crippen molar-refractivity contribution in [3.63, 3.8) is 0 Å². The second-order valence-corrected chi connectivity index (χ2v) is 7.62. The Morgan fingerprint density at radius 2 is 1.85 bits per heavy atom. The molecule has 1 aliphatic heterocycles. The molecule has 4 rings (SSSR count). The number of hydrogen-bond donors (Lipinski definition) is 0. The number of benzene rings is 1. The number of anilines is 1. The molecule has 1 aliphatic rings. The summed E-state index contributed by atoms with van der Waals surface area (Å²) in [6, 6.07) is 12.8. The van der Waals surface area contributed by atoms with Gasteiger partial charge < -0.3 is 4.42 Å². The van der Waals surface area contributed by atoms with Crippen molar-refractivity contribution in [2.45, 2.75) is 6.92 Å². The Balaban J connectivity index is 1.82. The summed E-state index contributed by atoms with van der Waals surface area (Å²) in [7, 11) is 1.78. The summed E-state index contributed by atoms with van der Waals surface area (Å²) >= 11 is 6.55. The first kappa shape index (κ1) is 17.6. The van der Waals surface area contributed by atoms with Crippen LogP contribution in [0, 0.1) is 6.92 Å². The summed E-state index contributed by atoms with van der Waals surface area (Å²) in [5.74, 6) is 0.231. The summed E-state index contributed by atoms with van der Waals surface area (Å²) in [6.45, 7) is 1.80. The minimum Gasteiger partial charge on any atom is -0.465 e. The van der Waals surface area contributed by atoms with E-state index in [1.165, 1.54) is 15.8 Å². The molecule has 8 heteroatoms. The Kier molecular flexibility index (Phi) is 4.37. The third-order valence-corrected chi connectivity index (χ3v) is 5.66. The number of nitrogens with zero attached hydrogens (tertiary/aromatic N) is 3. The van der Waals surface area contributed by atoms with E-state index in [-0.39, 0.29) is 17.2 Å². The minimum absolute atomic E-state index is 0.270. The number of carbonyl (C=O) groups is 1. The highest BCUT2D eigenvalue weighted by molar-refractivity contribution is 8.27. The normalized spacial score (nSPS) is 15.9. The maximum Gasteiger partial charge on any atom is 0.296 e. The molecule has 0 atom stereocenters.